The molecule has 0 unspecified atom stereocenters. The van der Waals surface area contributed by atoms with Crippen molar-refractivity contribution in [2.75, 3.05) is 11.9 Å². The van der Waals surface area contributed by atoms with Crippen LogP contribution in [0.15, 0.2) is 24.3 Å². The highest BCUT2D eigenvalue weighted by Crippen LogP contribution is 2.32. The van der Waals surface area contributed by atoms with Gasteiger partial charge in [0.05, 0.1) is 15.6 Å². The molecule has 2 rings (SSSR count). The summed E-state index contributed by atoms with van der Waals surface area (Å²) >= 11 is 18.8. The minimum Gasteiger partial charge on any atom is -0.384 e. The van der Waals surface area contributed by atoms with Crippen molar-refractivity contribution in [3.8, 4) is 11.8 Å². The van der Waals surface area contributed by atoms with Gasteiger partial charge in [0.2, 0.25) is 0 Å². The van der Waals surface area contributed by atoms with Gasteiger partial charge in [0.1, 0.15) is 10.9 Å². The Kier molecular flexibility index (Phi) is 5.51. The fraction of sp³-hybridized carbons (Fsp3) is 0.0714. The lowest BCUT2D eigenvalue weighted by molar-refractivity contribution is 0.102. The monoisotopic (exact) mass is 359 g/mol. The molecule has 0 aliphatic carbocycles. The van der Waals surface area contributed by atoms with E-state index in [1.807, 2.05) is 0 Å². The van der Waals surface area contributed by atoms with Gasteiger partial charge >= 0.3 is 0 Å². The van der Waals surface area contributed by atoms with Crippen LogP contribution in [0.4, 0.5) is 5.69 Å². The lowest BCUT2D eigenvalue weighted by Gasteiger charge is -2.07. The number of aliphatic hydroxyl groups excluding tert-OH is 1. The number of amides is 1. The number of rotatable bonds is 2. The minimum absolute atomic E-state index is 0.286. The summed E-state index contributed by atoms with van der Waals surface area (Å²) in [7, 11) is 0. The van der Waals surface area contributed by atoms with Gasteiger partial charge in [0.25, 0.3) is 5.91 Å². The van der Waals surface area contributed by atoms with Crippen LogP contribution in [0.25, 0.3) is 0 Å². The molecule has 0 spiro atoms. The van der Waals surface area contributed by atoms with E-state index in [0.29, 0.717) is 30.5 Å². The standard InChI is InChI=1S/C14H8Cl3NO2S/c15-9-3-4-11(8(6-9)2-1-5-19)18-14(20)10-7-12(16)21-13(10)17/h3-4,6-7,19H,5H2,(H,18,20). The number of thiophene rings is 1. The van der Waals surface area contributed by atoms with E-state index in [9.17, 15) is 4.79 Å². The van der Waals surface area contributed by atoms with Gasteiger partial charge in [0, 0.05) is 10.6 Å². The molecule has 0 fully saturated rings. The number of hydrogen-bond donors (Lipinski definition) is 2. The highest BCUT2D eigenvalue weighted by Gasteiger charge is 2.15. The minimum atomic E-state index is -0.391. The molecule has 2 aromatic rings. The maximum atomic E-state index is 12.2. The largest absolute Gasteiger partial charge is 0.384 e. The summed E-state index contributed by atoms with van der Waals surface area (Å²) in [6, 6.07) is 6.36. The third-order valence-corrected chi connectivity index (χ3v) is 4.16. The van der Waals surface area contributed by atoms with Crippen LogP contribution in [0.5, 0.6) is 0 Å². The number of benzene rings is 1. The molecule has 1 heterocycles. The summed E-state index contributed by atoms with van der Waals surface area (Å²) < 4.78 is 0.746. The summed E-state index contributed by atoms with van der Waals surface area (Å²) in [5, 5.41) is 11.9. The highest BCUT2D eigenvalue weighted by atomic mass is 35.5. The van der Waals surface area contributed by atoms with Gasteiger partial charge in [0.15, 0.2) is 0 Å². The topological polar surface area (TPSA) is 49.3 Å². The Hall–Kier alpha value is -1.22. The number of aliphatic hydroxyl groups is 1. The SMILES string of the molecule is O=C(Nc1ccc(Cl)cc1C#CCO)c1cc(Cl)sc1Cl. The fourth-order valence-electron chi connectivity index (χ4n) is 1.55. The summed E-state index contributed by atoms with van der Waals surface area (Å²) in [5.74, 6) is 4.84. The first-order chi connectivity index (χ1) is 10.0. The highest BCUT2D eigenvalue weighted by molar-refractivity contribution is 7.20. The van der Waals surface area contributed by atoms with E-state index < -0.39 is 5.91 Å². The van der Waals surface area contributed by atoms with Crippen LogP contribution < -0.4 is 5.32 Å². The Morgan fingerprint density at radius 3 is 2.67 bits per heavy atom. The van der Waals surface area contributed by atoms with Gasteiger partial charge in [-0.15, -0.1) is 11.3 Å². The molecule has 7 heteroatoms. The third-order valence-electron chi connectivity index (χ3n) is 2.43. The fourth-order valence-corrected chi connectivity index (χ4v) is 3.18. The van der Waals surface area contributed by atoms with Crippen molar-refractivity contribution in [3.63, 3.8) is 0 Å². The molecule has 0 saturated heterocycles. The number of carbonyl (C=O) groups is 1. The predicted octanol–water partition coefficient (Wildman–Crippen LogP) is 4.30. The summed E-state index contributed by atoms with van der Waals surface area (Å²) in [4.78, 5) is 12.2. The molecule has 0 aliphatic heterocycles. The Morgan fingerprint density at radius 1 is 1.29 bits per heavy atom. The molecule has 0 radical (unpaired) electrons. The van der Waals surface area contributed by atoms with Gasteiger partial charge in [-0.05, 0) is 24.3 Å². The molecule has 3 nitrogen and oxygen atoms in total. The van der Waals surface area contributed by atoms with E-state index in [1.165, 1.54) is 6.07 Å². The third kappa shape index (κ3) is 4.13. The van der Waals surface area contributed by atoms with Crippen molar-refractivity contribution in [1.29, 1.82) is 0 Å². The van der Waals surface area contributed by atoms with Crippen LogP contribution in [-0.2, 0) is 0 Å². The zero-order valence-corrected chi connectivity index (χ0v) is 13.5. The molecule has 2 N–H and O–H groups in total. The molecule has 0 saturated carbocycles. The molecule has 0 atom stereocenters. The molecule has 1 aromatic carbocycles. The molecule has 21 heavy (non-hydrogen) atoms. The van der Waals surface area contributed by atoms with Gasteiger partial charge in [-0.2, -0.15) is 0 Å². The Bertz CT molecular complexity index is 746. The molecule has 1 aromatic heterocycles. The van der Waals surface area contributed by atoms with Crippen molar-refractivity contribution >= 4 is 57.7 Å². The first-order valence-electron chi connectivity index (χ1n) is 5.66. The Balaban J connectivity index is 2.31. The number of halogens is 3. The van der Waals surface area contributed by atoms with E-state index in [-0.39, 0.29) is 6.61 Å². The predicted molar refractivity (Wildman–Crippen MR) is 87.7 cm³/mol. The molecule has 0 bridgehead atoms. The van der Waals surface area contributed by atoms with Gasteiger partial charge in [-0.1, -0.05) is 46.6 Å². The summed E-state index contributed by atoms with van der Waals surface area (Å²) in [6.07, 6.45) is 0. The molecule has 0 aliphatic rings. The van der Waals surface area contributed by atoms with Crippen molar-refractivity contribution in [1.82, 2.24) is 0 Å². The zero-order chi connectivity index (χ0) is 15.4. The molecule has 1 amide bonds. The van der Waals surface area contributed by atoms with Gasteiger partial charge in [-0.3, -0.25) is 4.79 Å². The van der Waals surface area contributed by atoms with Crippen molar-refractivity contribution < 1.29 is 9.90 Å². The zero-order valence-electron chi connectivity index (χ0n) is 10.4. The van der Waals surface area contributed by atoms with E-state index in [1.54, 1.807) is 18.2 Å². The van der Waals surface area contributed by atoms with Crippen molar-refractivity contribution in [2.45, 2.75) is 0 Å². The van der Waals surface area contributed by atoms with Gasteiger partial charge in [-0.25, -0.2) is 0 Å². The van der Waals surface area contributed by atoms with Crippen molar-refractivity contribution in [2.24, 2.45) is 0 Å². The molecular formula is C14H8Cl3NO2S. The molecular weight excluding hydrogens is 353 g/mol. The van der Waals surface area contributed by atoms with Crippen molar-refractivity contribution in [3.05, 3.63) is 49.1 Å². The Morgan fingerprint density at radius 2 is 2.05 bits per heavy atom. The number of carbonyl (C=O) groups excluding carboxylic acids is 1. The second-order valence-electron chi connectivity index (χ2n) is 3.84. The molecule has 108 valence electrons. The smallest absolute Gasteiger partial charge is 0.258 e. The van der Waals surface area contributed by atoms with Crippen LogP contribution in [0, 0.1) is 11.8 Å². The summed E-state index contributed by atoms with van der Waals surface area (Å²) in [6.45, 7) is -0.286. The van der Waals surface area contributed by atoms with Crippen LogP contribution in [0.2, 0.25) is 13.7 Å². The lowest BCUT2D eigenvalue weighted by atomic mass is 10.1. The second kappa shape index (κ2) is 7.17. The van der Waals surface area contributed by atoms with Gasteiger partial charge < -0.3 is 10.4 Å². The first-order valence-corrected chi connectivity index (χ1v) is 7.61. The Labute approximate surface area is 140 Å². The van der Waals surface area contributed by atoms with E-state index in [2.05, 4.69) is 17.2 Å². The van der Waals surface area contributed by atoms with Crippen LogP contribution in [0.3, 0.4) is 0 Å². The second-order valence-corrected chi connectivity index (χ2v) is 6.56. The number of nitrogens with one attached hydrogen (secondary N) is 1. The van der Waals surface area contributed by atoms with Crippen LogP contribution in [0.1, 0.15) is 15.9 Å². The maximum Gasteiger partial charge on any atom is 0.258 e. The van der Waals surface area contributed by atoms with E-state index in [4.69, 9.17) is 39.9 Å². The van der Waals surface area contributed by atoms with E-state index >= 15 is 0 Å². The van der Waals surface area contributed by atoms with Crippen LogP contribution >= 0.6 is 46.1 Å². The number of hydrogen-bond acceptors (Lipinski definition) is 3. The quantitative estimate of drug-likeness (QED) is 0.784. The number of anilines is 1. The van der Waals surface area contributed by atoms with E-state index in [0.717, 1.165) is 11.3 Å². The lowest BCUT2D eigenvalue weighted by Crippen LogP contribution is -2.12. The summed E-state index contributed by atoms with van der Waals surface area (Å²) in [5.41, 5.74) is 1.27. The maximum absolute atomic E-state index is 12.2. The van der Waals surface area contributed by atoms with Crippen LogP contribution in [-0.4, -0.2) is 17.6 Å². The average Bonchev–Trinajstić information content (AvgIpc) is 2.78. The normalized spacial score (nSPS) is 9.90. The average molecular weight is 361 g/mol. The first kappa shape index (κ1) is 16.2.